The highest BCUT2D eigenvalue weighted by Gasteiger charge is 2.18. The van der Waals surface area contributed by atoms with Crippen molar-refractivity contribution in [1.82, 2.24) is 9.13 Å². The zero-order valence-corrected chi connectivity index (χ0v) is 28.5. The van der Waals surface area contributed by atoms with Gasteiger partial charge in [-0.05, 0) is 108 Å². The Kier molecular flexibility index (Phi) is 6.17. The predicted octanol–water partition coefficient (Wildman–Crippen LogP) is 13.4. The predicted molar refractivity (Wildman–Crippen MR) is 218 cm³/mol. The molecule has 0 bridgehead atoms. The maximum Gasteiger partial charge on any atom is 0.135 e. The molecule has 8 aromatic carbocycles. The van der Waals surface area contributed by atoms with Crippen LogP contribution in [0.15, 0.2) is 180 Å². The van der Waals surface area contributed by atoms with Crippen LogP contribution in [-0.2, 0) is 0 Å². The van der Waals surface area contributed by atoms with Crippen LogP contribution in [-0.4, -0.2) is 9.13 Å². The smallest absolute Gasteiger partial charge is 0.135 e. The quantitative estimate of drug-likeness (QED) is 0.184. The van der Waals surface area contributed by atoms with E-state index in [-0.39, 0.29) is 0 Å². The third-order valence-corrected chi connectivity index (χ3v) is 10.8. The van der Waals surface area contributed by atoms with Gasteiger partial charge in [0.15, 0.2) is 0 Å². The van der Waals surface area contributed by atoms with Crippen molar-refractivity contribution in [3.8, 4) is 33.6 Å². The molecule has 0 fully saturated rings. The second kappa shape index (κ2) is 11.1. The highest BCUT2D eigenvalue weighted by molar-refractivity contribution is 6.13. The summed E-state index contributed by atoms with van der Waals surface area (Å²) in [6, 6.07) is 63.7. The number of aryl methyl sites for hydroxylation is 1. The molecule has 3 heteroatoms. The van der Waals surface area contributed by atoms with Crippen molar-refractivity contribution in [3.05, 3.63) is 181 Å². The van der Waals surface area contributed by atoms with E-state index < -0.39 is 0 Å². The minimum absolute atomic E-state index is 0.914. The molecule has 0 saturated heterocycles. The third-order valence-electron chi connectivity index (χ3n) is 10.8. The number of nitrogens with zero attached hydrogens (tertiary/aromatic N) is 2. The largest absolute Gasteiger partial charge is 0.456 e. The second-order valence-corrected chi connectivity index (χ2v) is 13.8. The Labute approximate surface area is 300 Å². The standard InChI is InChI=1S/C49H32N2O/c1-31-11-9-20-48-49(31)42-30-37(23-26-47(42)52-48)51-44-19-8-6-17-39(44)41-29-35(22-25-46(41)51)34-21-24-45-40(28-34)38-16-5-7-18-43(38)50(45)36-15-10-14-33(27-36)32-12-3-2-4-13-32/h2-30H,1H3. The van der Waals surface area contributed by atoms with Crippen molar-refractivity contribution in [1.29, 1.82) is 0 Å². The van der Waals surface area contributed by atoms with Crippen LogP contribution in [0.2, 0.25) is 0 Å². The minimum Gasteiger partial charge on any atom is -0.456 e. The van der Waals surface area contributed by atoms with Crippen LogP contribution >= 0.6 is 0 Å². The van der Waals surface area contributed by atoms with Gasteiger partial charge in [0.1, 0.15) is 11.2 Å². The molecule has 0 radical (unpaired) electrons. The van der Waals surface area contributed by atoms with Crippen molar-refractivity contribution in [3.63, 3.8) is 0 Å². The van der Waals surface area contributed by atoms with E-state index in [2.05, 4.69) is 192 Å². The molecule has 0 aliphatic rings. The molecule has 244 valence electrons. The van der Waals surface area contributed by atoms with E-state index in [0.717, 1.165) is 27.9 Å². The van der Waals surface area contributed by atoms with E-state index in [1.165, 1.54) is 76.8 Å². The molecule has 0 N–H and O–H groups in total. The average molecular weight is 665 g/mol. The van der Waals surface area contributed by atoms with Gasteiger partial charge in [-0.2, -0.15) is 0 Å². The van der Waals surface area contributed by atoms with E-state index >= 15 is 0 Å². The van der Waals surface area contributed by atoms with Gasteiger partial charge in [0.05, 0.1) is 22.1 Å². The first-order chi connectivity index (χ1) is 25.7. The molecule has 0 aliphatic carbocycles. The monoisotopic (exact) mass is 664 g/mol. The molecule has 0 spiro atoms. The van der Waals surface area contributed by atoms with Crippen molar-refractivity contribution in [2.75, 3.05) is 0 Å². The number of furan rings is 1. The Hall–Kier alpha value is -6.84. The summed E-state index contributed by atoms with van der Waals surface area (Å²) < 4.78 is 11.0. The van der Waals surface area contributed by atoms with Crippen molar-refractivity contribution < 1.29 is 4.42 Å². The van der Waals surface area contributed by atoms with Gasteiger partial charge in [-0.3, -0.25) is 0 Å². The van der Waals surface area contributed by atoms with Crippen LogP contribution in [0.3, 0.4) is 0 Å². The van der Waals surface area contributed by atoms with Crippen LogP contribution in [0.5, 0.6) is 0 Å². The molecule has 0 unspecified atom stereocenters. The summed E-state index contributed by atoms with van der Waals surface area (Å²) in [4.78, 5) is 0. The first-order valence-corrected chi connectivity index (χ1v) is 17.8. The molecule has 0 atom stereocenters. The van der Waals surface area contributed by atoms with Gasteiger partial charge in [-0.25, -0.2) is 0 Å². The fourth-order valence-corrected chi connectivity index (χ4v) is 8.45. The summed E-state index contributed by atoms with van der Waals surface area (Å²) in [5.74, 6) is 0. The van der Waals surface area contributed by atoms with Crippen molar-refractivity contribution >= 4 is 65.6 Å². The lowest BCUT2D eigenvalue weighted by molar-refractivity contribution is 0.668. The molecule has 52 heavy (non-hydrogen) atoms. The van der Waals surface area contributed by atoms with Gasteiger partial charge in [-0.15, -0.1) is 0 Å². The van der Waals surface area contributed by atoms with Crippen LogP contribution in [0, 0.1) is 6.92 Å². The third kappa shape index (κ3) is 4.26. The maximum absolute atomic E-state index is 6.24. The molecule has 0 aliphatic heterocycles. The topological polar surface area (TPSA) is 23.0 Å². The van der Waals surface area contributed by atoms with Gasteiger partial charge in [-0.1, -0.05) is 103 Å². The molecule has 11 aromatic rings. The fourth-order valence-electron chi connectivity index (χ4n) is 8.45. The van der Waals surface area contributed by atoms with E-state index in [0.29, 0.717) is 0 Å². The zero-order chi connectivity index (χ0) is 34.3. The molecule has 3 nitrogen and oxygen atoms in total. The lowest BCUT2D eigenvalue weighted by atomic mass is 10.0. The van der Waals surface area contributed by atoms with E-state index in [4.69, 9.17) is 4.42 Å². The molecular formula is C49H32N2O. The molecule has 3 heterocycles. The Bertz CT molecular complexity index is 3190. The SMILES string of the molecule is Cc1cccc2oc3ccc(-n4c5ccccc5c5cc(-c6ccc7c(c6)c6ccccc6n7-c6cccc(-c7ccccc7)c6)ccc54)cc3c12. The van der Waals surface area contributed by atoms with E-state index in [9.17, 15) is 0 Å². The number of benzene rings is 8. The molecule has 0 amide bonds. The summed E-state index contributed by atoms with van der Waals surface area (Å²) in [6.45, 7) is 2.16. The molecule has 11 rings (SSSR count). The number of aromatic nitrogens is 2. The highest BCUT2D eigenvalue weighted by atomic mass is 16.3. The van der Waals surface area contributed by atoms with Crippen molar-refractivity contribution in [2.45, 2.75) is 6.92 Å². The van der Waals surface area contributed by atoms with Crippen LogP contribution < -0.4 is 0 Å². The van der Waals surface area contributed by atoms with Crippen LogP contribution in [0.1, 0.15) is 5.56 Å². The molecular weight excluding hydrogens is 633 g/mol. The Balaban J connectivity index is 1.07. The lowest BCUT2D eigenvalue weighted by Crippen LogP contribution is -1.94. The van der Waals surface area contributed by atoms with E-state index in [1.54, 1.807) is 0 Å². The number of rotatable bonds is 4. The van der Waals surface area contributed by atoms with Crippen LogP contribution in [0.25, 0.3) is 99.2 Å². The van der Waals surface area contributed by atoms with Gasteiger partial charge in [0, 0.05) is 43.7 Å². The summed E-state index contributed by atoms with van der Waals surface area (Å²) >= 11 is 0. The fraction of sp³-hybridized carbons (Fsp3) is 0.0204. The minimum atomic E-state index is 0.914. The number of fused-ring (bicyclic) bond motifs is 9. The van der Waals surface area contributed by atoms with Gasteiger partial charge in [0.25, 0.3) is 0 Å². The number of para-hydroxylation sites is 2. The Morgan fingerprint density at radius 3 is 1.60 bits per heavy atom. The number of hydrogen-bond acceptors (Lipinski definition) is 1. The summed E-state index contributed by atoms with van der Waals surface area (Å²) in [5, 5.41) is 7.30. The first kappa shape index (κ1) is 28.9. The zero-order valence-electron chi connectivity index (χ0n) is 28.5. The second-order valence-electron chi connectivity index (χ2n) is 13.8. The van der Waals surface area contributed by atoms with Gasteiger partial charge >= 0.3 is 0 Å². The van der Waals surface area contributed by atoms with Gasteiger partial charge in [0.2, 0.25) is 0 Å². The summed E-state index contributed by atoms with van der Waals surface area (Å²) in [6.07, 6.45) is 0. The lowest BCUT2D eigenvalue weighted by Gasteiger charge is -2.11. The van der Waals surface area contributed by atoms with Crippen molar-refractivity contribution in [2.24, 2.45) is 0 Å². The first-order valence-electron chi connectivity index (χ1n) is 17.8. The average Bonchev–Trinajstić information content (AvgIpc) is 3.85. The Morgan fingerprint density at radius 2 is 0.904 bits per heavy atom. The van der Waals surface area contributed by atoms with Gasteiger partial charge < -0.3 is 13.6 Å². The van der Waals surface area contributed by atoms with Crippen LogP contribution in [0.4, 0.5) is 0 Å². The maximum atomic E-state index is 6.24. The summed E-state index contributed by atoms with van der Waals surface area (Å²) in [5.41, 5.74) is 15.0. The van der Waals surface area contributed by atoms with E-state index in [1.807, 2.05) is 0 Å². The number of hydrogen-bond donors (Lipinski definition) is 0. The Morgan fingerprint density at radius 1 is 0.346 bits per heavy atom. The molecule has 0 saturated carbocycles. The summed E-state index contributed by atoms with van der Waals surface area (Å²) in [7, 11) is 0. The normalized spacial score (nSPS) is 11.9. The molecule has 3 aromatic heterocycles. The highest BCUT2D eigenvalue weighted by Crippen LogP contribution is 2.40.